The molecule has 0 aliphatic rings. The smallest absolute Gasteiger partial charge is 0.119 e. The highest BCUT2D eigenvalue weighted by molar-refractivity contribution is 5.28. The van der Waals surface area contributed by atoms with E-state index in [2.05, 4.69) is 6.58 Å². The third kappa shape index (κ3) is 4.49. The van der Waals surface area contributed by atoms with Crippen molar-refractivity contribution in [1.82, 2.24) is 0 Å². The van der Waals surface area contributed by atoms with Gasteiger partial charge in [-0.2, -0.15) is 0 Å². The molecule has 2 heteroatoms. The number of hydrogen-bond acceptors (Lipinski definition) is 2. The van der Waals surface area contributed by atoms with Crippen LogP contribution in [0.2, 0.25) is 0 Å². The molecule has 0 amide bonds. The van der Waals surface area contributed by atoms with Crippen LogP contribution in [0.3, 0.4) is 0 Å². The summed E-state index contributed by atoms with van der Waals surface area (Å²) >= 11 is 0. The molecule has 0 bridgehead atoms. The van der Waals surface area contributed by atoms with Crippen LogP contribution in [-0.4, -0.2) is 18.3 Å². The molecule has 0 heterocycles. The van der Waals surface area contributed by atoms with Crippen molar-refractivity contribution >= 4 is 0 Å². The van der Waals surface area contributed by atoms with Crippen LogP contribution in [-0.2, 0) is 6.42 Å². The predicted octanol–water partition coefficient (Wildman–Crippen LogP) is 2.95. The number of aliphatic hydroxyl groups excluding tert-OH is 1. The number of rotatable bonds is 6. The monoisotopic (exact) mass is 220 g/mol. The Balaban J connectivity index is 2.48. The highest BCUT2D eigenvalue weighted by Crippen LogP contribution is 2.16. The number of aliphatic hydroxyl groups is 1. The Kier molecular flexibility index (Phi) is 5.06. The van der Waals surface area contributed by atoms with E-state index in [1.54, 1.807) is 7.11 Å². The van der Waals surface area contributed by atoms with Gasteiger partial charge in [-0.15, -0.1) is 6.58 Å². The fourth-order valence-corrected chi connectivity index (χ4v) is 1.59. The highest BCUT2D eigenvalue weighted by Gasteiger charge is 2.06. The summed E-state index contributed by atoms with van der Waals surface area (Å²) in [5.41, 5.74) is 2.22. The van der Waals surface area contributed by atoms with Gasteiger partial charge in [0.1, 0.15) is 5.75 Å². The van der Waals surface area contributed by atoms with E-state index in [0.29, 0.717) is 6.42 Å². The van der Waals surface area contributed by atoms with Crippen molar-refractivity contribution < 1.29 is 9.84 Å². The number of benzene rings is 1. The maximum Gasteiger partial charge on any atom is 0.119 e. The lowest BCUT2D eigenvalue weighted by Crippen LogP contribution is -2.10. The summed E-state index contributed by atoms with van der Waals surface area (Å²) in [5.74, 6) is 0.838. The summed E-state index contributed by atoms with van der Waals surface area (Å²) in [7, 11) is 1.65. The Bertz CT molecular complexity index is 344. The Hall–Kier alpha value is -1.28. The molecule has 2 nitrogen and oxygen atoms in total. The summed E-state index contributed by atoms with van der Waals surface area (Å²) in [6.45, 7) is 5.81. The van der Waals surface area contributed by atoms with Crippen molar-refractivity contribution in [3.63, 3.8) is 0 Å². The third-order valence-corrected chi connectivity index (χ3v) is 2.51. The third-order valence-electron chi connectivity index (χ3n) is 2.51. The van der Waals surface area contributed by atoms with Crippen LogP contribution >= 0.6 is 0 Å². The normalized spacial score (nSPS) is 12.2. The Labute approximate surface area is 97.6 Å². The van der Waals surface area contributed by atoms with E-state index in [1.165, 1.54) is 0 Å². The second kappa shape index (κ2) is 6.33. The Morgan fingerprint density at radius 1 is 1.50 bits per heavy atom. The quantitative estimate of drug-likeness (QED) is 0.747. The zero-order valence-electron chi connectivity index (χ0n) is 10.1. The second-order valence-electron chi connectivity index (χ2n) is 4.21. The van der Waals surface area contributed by atoms with Crippen molar-refractivity contribution in [2.75, 3.05) is 7.11 Å². The zero-order chi connectivity index (χ0) is 12.0. The molecule has 1 unspecified atom stereocenters. The molecule has 0 fully saturated rings. The molecule has 1 N–H and O–H groups in total. The maximum absolute atomic E-state index is 9.83. The number of hydrogen-bond donors (Lipinski definition) is 1. The summed E-state index contributed by atoms with van der Waals surface area (Å²) < 4.78 is 5.14. The molecule has 1 atom stereocenters. The Morgan fingerprint density at radius 2 is 2.25 bits per heavy atom. The van der Waals surface area contributed by atoms with Gasteiger partial charge in [-0.05, 0) is 43.9 Å². The van der Waals surface area contributed by atoms with Gasteiger partial charge in [0, 0.05) is 0 Å². The van der Waals surface area contributed by atoms with Gasteiger partial charge in [-0.25, -0.2) is 0 Å². The second-order valence-corrected chi connectivity index (χ2v) is 4.21. The average molecular weight is 220 g/mol. The number of allylic oxidation sites excluding steroid dienone is 1. The topological polar surface area (TPSA) is 29.5 Å². The van der Waals surface area contributed by atoms with Crippen LogP contribution in [0.1, 0.15) is 25.3 Å². The van der Waals surface area contributed by atoms with Gasteiger partial charge in [0.2, 0.25) is 0 Å². The minimum Gasteiger partial charge on any atom is -0.497 e. The standard InChI is InChI=1S/C14H20O2/c1-11(2)7-8-13(15)9-12-5-4-6-14(10-12)16-3/h4-6,10,13,15H,1,7-9H2,2-3H3. The summed E-state index contributed by atoms with van der Waals surface area (Å²) in [6, 6.07) is 7.82. The molecule has 0 saturated heterocycles. The first-order chi connectivity index (χ1) is 7.61. The predicted molar refractivity (Wildman–Crippen MR) is 66.8 cm³/mol. The first kappa shape index (κ1) is 12.8. The highest BCUT2D eigenvalue weighted by atomic mass is 16.5. The molecule has 0 saturated carbocycles. The minimum absolute atomic E-state index is 0.302. The molecule has 16 heavy (non-hydrogen) atoms. The molecule has 0 aliphatic carbocycles. The zero-order valence-corrected chi connectivity index (χ0v) is 10.1. The molecule has 88 valence electrons. The van der Waals surface area contributed by atoms with E-state index >= 15 is 0 Å². The van der Waals surface area contributed by atoms with Crippen LogP contribution < -0.4 is 4.74 Å². The van der Waals surface area contributed by atoms with Crippen molar-refractivity contribution in [2.45, 2.75) is 32.3 Å². The Morgan fingerprint density at radius 3 is 2.88 bits per heavy atom. The maximum atomic E-state index is 9.83. The first-order valence-electron chi connectivity index (χ1n) is 5.57. The lowest BCUT2D eigenvalue weighted by Gasteiger charge is -2.11. The lowest BCUT2D eigenvalue weighted by molar-refractivity contribution is 0.165. The van der Waals surface area contributed by atoms with E-state index < -0.39 is 0 Å². The fourth-order valence-electron chi connectivity index (χ4n) is 1.59. The van der Waals surface area contributed by atoms with Gasteiger partial charge in [0.15, 0.2) is 0 Å². The molecular formula is C14H20O2. The van der Waals surface area contributed by atoms with Crippen LogP contribution in [0, 0.1) is 0 Å². The number of methoxy groups -OCH3 is 1. The average Bonchev–Trinajstić information content (AvgIpc) is 2.26. The van der Waals surface area contributed by atoms with E-state index in [4.69, 9.17) is 4.74 Å². The van der Waals surface area contributed by atoms with E-state index in [9.17, 15) is 5.11 Å². The van der Waals surface area contributed by atoms with Crippen LogP contribution in [0.25, 0.3) is 0 Å². The lowest BCUT2D eigenvalue weighted by atomic mass is 10.0. The van der Waals surface area contributed by atoms with Gasteiger partial charge < -0.3 is 9.84 Å². The molecule has 0 spiro atoms. The van der Waals surface area contributed by atoms with Crippen LogP contribution in [0.15, 0.2) is 36.4 Å². The van der Waals surface area contributed by atoms with Crippen LogP contribution in [0.5, 0.6) is 5.75 Å². The molecule has 0 radical (unpaired) electrons. The van der Waals surface area contributed by atoms with E-state index in [-0.39, 0.29) is 6.10 Å². The fraction of sp³-hybridized carbons (Fsp3) is 0.429. The van der Waals surface area contributed by atoms with Crippen LogP contribution in [0.4, 0.5) is 0 Å². The summed E-state index contributed by atoms with van der Waals surface area (Å²) in [6.07, 6.45) is 2.02. The summed E-state index contributed by atoms with van der Waals surface area (Å²) in [5, 5.41) is 9.83. The van der Waals surface area contributed by atoms with Gasteiger partial charge in [-0.3, -0.25) is 0 Å². The molecule has 1 aromatic rings. The van der Waals surface area contributed by atoms with Crippen molar-refractivity contribution in [3.8, 4) is 5.75 Å². The van der Waals surface area contributed by atoms with Crippen molar-refractivity contribution in [3.05, 3.63) is 42.0 Å². The van der Waals surface area contributed by atoms with E-state index in [0.717, 1.165) is 29.7 Å². The molecule has 1 rings (SSSR count). The van der Waals surface area contributed by atoms with Crippen molar-refractivity contribution in [1.29, 1.82) is 0 Å². The van der Waals surface area contributed by atoms with Gasteiger partial charge in [0.05, 0.1) is 13.2 Å². The largest absolute Gasteiger partial charge is 0.497 e. The molecular weight excluding hydrogens is 200 g/mol. The van der Waals surface area contributed by atoms with Gasteiger partial charge >= 0.3 is 0 Å². The first-order valence-corrected chi connectivity index (χ1v) is 5.57. The van der Waals surface area contributed by atoms with E-state index in [1.807, 2.05) is 31.2 Å². The summed E-state index contributed by atoms with van der Waals surface area (Å²) in [4.78, 5) is 0. The molecule has 0 aliphatic heterocycles. The molecule has 0 aromatic heterocycles. The SMILES string of the molecule is C=C(C)CCC(O)Cc1cccc(OC)c1. The van der Waals surface area contributed by atoms with Gasteiger partial charge in [0.25, 0.3) is 0 Å². The molecule has 1 aromatic carbocycles. The number of ether oxygens (including phenoxy) is 1. The van der Waals surface area contributed by atoms with Crippen molar-refractivity contribution in [2.24, 2.45) is 0 Å². The minimum atomic E-state index is -0.302. The van der Waals surface area contributed by atoms with Gasteiger partial charge in [-0.1, -0.05) is 17.7 Å².